The molecule has 1 N–H and O–H groups in total. The molecular formula is C16H20N2O2. The molecule has 0 saturated carbocycles. The minimum atomic E-state index is 0.124. The fourth-order valence-corrected chi connectivity index (χ4v) is 3.27. The van der Waals surface area contributed by atoms with Crippen LogP contribution in [0.2, 0.25) is 0 Å². The summed E-state index contributed by atoms with van der Waals surface area (Å²) < 4.78 is 0. The van der Waals surface area contributed by atoms with Gasteiger partial charge in [-0.1, -0.05) is 29.8 Å². The Bertz CT molecular complexity index is 541. The monoisotopic (exact) mass is 272 g/mol. The highest BCUT2D eigenvalue weighted by molar-refractivity contribution is 5.80. The van der Waals surface area contributed by atoms with Gasteiger partial charge in [0.05, 0.1) is 6.42 Å². The van der Waals surface area contributed by atoms with Crippen LogP contribution in [0.3, 0.4) is 0 Å². The highest BCUT2D eigenvalue weighted by atomic mass is 16.2. The van der Waals surface area contributed by atoms with Crippen LogP contribution in [0.1, 0.15) is 17.5 Å². The van der Waals surface area contributed by atoms with Crippen molar-refractivity contribution in [2.24, 2.45) is 11.8 Å². The maximum absolute atomic E-state index is 12.4. The van der Waals surface area contributed by atoms with Crippen LogP contribution < -0.4 is 5.32 Å². The number of benzene rings is 1. The van der Waals surface area contributed by atoms with E-state index in [1.165, 1.54) is 5.56 Å². The van der Waals surface area contributed by atoms with Gasteiger partial charge in [-0.05, 0) is 24.3 Å². The van der Waals surface area contributed by atoms with E-state index in [-0.39, 0.29) is 11.8 Å². The van der Waals surface area contributed by atoms with Crippen molar-refractivity contribution in [1.29, 1.82) is 0 Å². The molecule has 3 rings (SSSR count). The van der Waals surface area contributed by atoms with E-state index < -0.39 is 0 Å². The predicted molar refractivity (Wildman–Crippen MR) is 76.1 cm³/mol. The van der Waals surface area contributed by atoms with Gasteiger partial charge in [0.25, 0.3) is 0 Å². The van der Waals surface area contributed by atoms with E-state index in [1.807, 2.05) is 30.0 Å². The van der Waals surface area contributed by atoms with Crippen LogP contribution in [0.4, 0.5) is 0 Å². The van der Waals surface area contributed by atoms with Crippen molar-refractivity contribution in [2.75, 3.05) is 19.6 Å². The zero-order valence-electron chi connectivity index (χ0n) is 11.8. The summed E-state index contributed by atoms with van der Waals surface area (Å²) in [4.78, 5) is 25.7. The molecule has 0 aliphatic carbocycles. The number of hydrogen-bond acceptors (Lipinski definition) is 2. The number of aryl methyl sites for hydroxylation is 1. The zero-order valence-corrected chi connectivity index (χ0v) is 11.8. The second-order valence-electron chi connectivity index (χ2n) is 5.99. The molecule has 0 radical (unpaired) electrons. The Morgan fingerprint density at radius 3 is 2.95 bits per heavy atom. The van der Waals surface area contributed by atoms with Gasteiger partial charge in [-0.15, -0.1) is 0 Å². The summed E-state index contributed by atoms with van der Waals surface area (Å²) in [6, 6.07) is 8.09. The van der Waals surface area contributed by atoms with Crippen molar-refractivity contribution in [1.82, 2.24) is 10.2 Å². The summed E-state index contributed by atoms with van der Waals surface area (Å²) in [5, 5.41) is 2.89. The molecule has 4 heteroatoms. The van der Waals surface area contributed by atoms with E-state index in [2.05, 4.69) is 11.4 Å². The van der Waals surface area contributed by atoms with E-state index in [0.29, 0.717) is 24.7 Å². The lowest BCUT2D eigenvalue weighted by Gasteiger charge is -2.23. The minimum Gasteiger partial charge on any atom is -0.356 e. The maximum atomic E-state index is 12.4. The Morgan fingerprint density at radius 2 is 2.15 bits per heavy atom. The van der Waals surface area contributed by atoms with Gasteiger partial charge < -0.3 is 10.2 Å². The van der Waals surface area contributed by atoms with E-state index in [1.54, 1.807) is 0 Å². The molecule has 106 valence electrons. The second-order valence-corrected chi connectivity index (χ2v) is 5.99. The van der Waals surface area contributed by atoms with E-state index in [4.69, 9.17) is 0 Å². The molecule has 1 aromatic rings. The topological polar surface area (TPSA) is 49.4 Å². The number of hydrogen-bond donors (Lipinski definition) is 1. The number of carbonyl (C=O) groups excluding carboxylic acids is 2. The number of piperidine rings is 1. The first-order valence-electron chi connectivity index (χ1n) is 7.22. The molecule has 20 heavy (non-hydrogen) atoms. The average Bonchev–Trinajstić information content (AvgIpc) is 2.81. The summed E-state index contributed by atoms with van der Waals surface area (Å²) in [5.41, 5.74) is 2.25. The quantitative estimate of drug-likeness (QED) is 0.877. The van der Waals surface area contributed by atoms with Crippen molar-refractivity contribution in [3.63, 3.8) is 0 Å². The van der Waals surface area contributed by atoms with Gasteiger partial charge in [-0.3, -0.25) is 9.59 Å². The van der Waals surface area contributed by atoms with Gasteiger partial charge >= 0.3 is 0 Å². The van der Waals surface area contributed by atoms with Gasteiger partial charge in [-0.25, -0.2) is 0 Å². The first-order valence-corrected chi connectivity index (χ1v) is 7.22. The smallest absolute Gasteiger partial charge is 0.227 e. The Hall–Kier alpha value is -1.84. The van der Waals surface area contributed by atoms with Crippen molar-refractivity contribution in [3.8, 4) is 0 Å². The van der Waals surface area contributed by atoms with Crippen LogP contribution in [0.5, 0.6) is 0 Å². The van der Waals surface area contributed by atoms with Gasteiger partial charge in [0.15, 0.2) is 0 Å². The van der Waals surface area contributed by atoms with E-state index in [9.17, 15) is 9.59 Å². The van der Waals surface area contributed by atoms with Crippen LogP contribution in [0.15, 0.2) is 24.3 Å². The zero-order chi connectivity index (χ0) is 14.1. The van der Waals surface area contributed by atoms with E-state index >= 15 is 0 Å². The summed E-state index contributed by atoms with van der Waals surface area (Å²) in [7, 11) is 0. The van der Waals surface area contributed by atoms with Crippen molar-refractivity contribution in [2.45, 2.75) is 19.8 Å². The lowest BCUT2D eigenvalue weighted by atomic mass is 9.89. The highest BCUT2D eigenvalue weighted by Crippen LogP contribution is 2.28. The number of nitrogens with zero attached hydrogens (tertiary/aromatic N) is 1. The third kappa shape index (κ3) is 2.69. The first kappa shape index (κ1) is 13.2. The van der Waals surface area contributed by atoms with Gasteiger partial charge in [0.1, 0.15) is 0 Å². The second kappa shape index (κ2) is 5.27. The van der Waals surface area contributed by atoms with Crippen molar-refractivity contribution < 1.29 is 9.59 Å². The molecule has 2 amide bonds. The summed E-state index contributed by atoms with van der Waals surface area (Å²) in [6.45, 7) is 4.28. The number of likely N-dealkylation sites (tertiary alicyclic amines) is 1. The molecule has 0 aromatic heterocycles. The Balaban J connectivity index is 1.63. The fraction of sp³-hybridized carbons (Fsp3) is 0.500. The van der Waals surface area contributed by atoms with Crippen LogP contribution >= 0.6 is 0 Å². The summed E-state index contributed by atoms with van der Waals surface area (Å²) >= 11 is 0. The van der Waals surface area contributed by atoms with Gasteiger partial charge in [-0.2, -0.15) is 0 Å². The molecule has 1 aromatic carbocycles. The number of amides is 2. The number of fused-ring (bicyclic) bond motifs is 1. The molecule has 2 atom stereocenters. The SMILES string of the molecule is Cc1cccc(CC(=O)N2C[C@H]3CNC(=O)C[C@H]3C2)c1. The lowest BCUT2D eigenvalue weighted by Crippen LogP contribution is -2.40. The predicted octanol–water partition coefficient (Wildman–Crippen LogP) is 1.13. The van der Waals surface area contributed by atoms with Gasteiger partial charge in [0, 0.05) is 26.1 Å². The molecule has 2 saturated heterocycles. The van der Waals surface area contributed by atoms with Crippen LogP contribution in [-0.4, -0.2) is 36.3 Å². The lowest BCUT2D eigenvalue weighted by molar-refractivity contribution is -0.130. The Kier molecular flexibility index (Phi) is 3.47. The first-order chi connectivity index (χ1) is 9.61. The fourth-order valence-electron chi connectivity index (χ4n) is 3.27. The highest BCUT2D eigenvalue weighted by Gasteiger charge is 2.38. The molecule has 2 fully saturated rings. The minimum absolute atomic E-state index is 0.124. The molecule has 2 heterocycles. The van der Waals surface area contributed by atoms with E-state index in [0.717, 1.165) is 25.2 Å². The molecular weight excluding hydrogens is 252 g/mol. The van der Waals surface area contributed by atoms with Crippen molar-refractivity contribution >= 4 is 11.8 Å². The third-order valence-corrected chi connectivity index (χ3v) is 4.38. The molecule has 0 bridgehead atoms. The molecule has 0 spiro atoms. The molecule has 2 aliphatic heterocycles. The normalized spacial score (nSPS) is 25.2. The molecule has 0 unspecified atom stereocenters. The third-order valence-electron chi connectivity index (χ3n) is 4.38. The number of carbonyl (C=O) groups is 2. The maximum Gasteiger partial charge on any atom is 0.227 e. The molecule has 2 aliphatic rings. The van der Waals surface area contributed by atoms with Crippen molar-refractivity contribution in [3.05, 3.63) is 35.4 Å². The molecule has 4 nitrogen and oxygen atoms in total. The Morgan fingerprint density at radius 1 is 1.35 bits per heavy atom. The van der Waals surface area contributed by atoms with Gasteiger partial charge in [0.2, 0.25) is 11.8 Å². The Labute approximate surface area is 119 Å². The van der Waals surface area contributed by atoms with Crippen LogP contribution in [0, 0.1) is 18.8 Å². The van der Waals surface area contributed by atoms with Crippen LogP contribution in [-0.2, 0) is 16.0 Å². The summed E-state index contributed by atoms with van der Waals surface area (Å²) in [6.07, 6.45) is 1.03. The standard InChI is InChI=1S/C16H20N2O2/c1-11-3-2-4-12(5-11)6-16(20)18-9-13-7-15(19)17-8-14(13)10-18/h2-5,13-14H,6-10H2,1H3,(H,17,19)/t13-,14+/m0/s1. The summed E-state index contributed by atoms with van der Waals surface area (Å²) in [5.74, 6) is 1.09. The number of rotatable bonds is 2. The average molecular weight is 272 g/mol. The number of nitrogens with one attached hydrogen (secondary N) is 1. The van der Waals surface area contributed by atoms with Crippen LogP contribution in [0.25, 0.3) is 0 Å². The largest absolute Gasteiger partial charge is 0.356 e.